The van der Waals surface area contributed by atoms with Crippen LogP contribution in [0.15, 0.2) is 24.3 Å². The molecule has 0 radical (unpaired) electrons. The highest BCUT2D eigenvalue weighted by Crippen LogP contribution is 2.35. The van der Waals surface area contributed by atoms with Crippen molar-refractivity contribution < 1.29 is 4.79 Å². The summed E-state index contributed by atoms with van der Waals surface area (Å²) in [5, 5.41) is 0.726. The zero-order chi connectivity index (χ0) is 11.5. The lowest BCUT2D eigenvalue weighted by Gasteiger charge is -2.25. The van der Waals surface area contributed by atoms with E-state index in [0.29, 0.717) is 0 Å². The van der Waals surface area contributed by atoms with Gasteiger partial charge in [0, 0.05) is 11.6 Å². The van der Waals surface area contributed by atoms with Gasteiger partial charge >= 0.3 is 0 Å². The molecular weight excluding hydrogens is 224 g/mol. The molecular formula is C12H15ClN2O. The van der Waals surface area contributed by atoms with E-state index in [1.807, 2.05) is 29.2 Å². The van der Waals surface area contributed by atoms with Crippen LogP contribution in [0, 0.1) is 0 Å². The minimum absolute atomic E-state index is 0.00224. The molecule has 1 unspecified atom stereocenters. The molecule has 1 aromatic rings. The van der Waals surface area contributed by atoms with Crippen LogP contribution in [-0.4, -0.2) is 23.9 Å². The van der Waals surface area contributed by atoms with Crippen LogP contribution >= 0.6 is 11.6 Å². The second-order valence-electron chi connectivity index (χ2n) is 3.97. The van der Waals surface area contributed by atoms with Crippen LogP contribution in [0.1, 0.15) is 24.4 Å². The van der Waals surface area contributed by atoms with Gasteiger partial charge in [-0.3, -0.25) is 4.79 Å². The molecule has 1 fully saturated rings. The topological polar surface area (TPSA) is 46.3 Å². The summed E-state index contributed by atoms with van der Waals surface area (Å²) < 4.78 is 0. The molecule has 2 rings (SSSR count). The number of rotatable bonds is 2. The number of benzene rings is 1. The minimum atomic E-state index is 0.00224. The van der Waals surface area contributed by atoms with Crippen LogP contribution in [0.4, 0.5) is 0 Å². The number of hydrogen-bond donors (Lipinski definition) is 1. The SMILES string of the molecule is NCC(=O)N1CCCC1c1ccccc1Cl. The third kappa shape index (κ3) is 2.06. The number of hydrogen-bond acceptors (Lipinski definition) is 2. The summed E-state index contributed by atoms with van der Waals surface area (Å²) in [5.74, 6) is 0.00224. The van der Waals surface area contributed by atoms with Crippen molar-refractivity contribution in [1.82, 2.24) is 4.90 Å². The largest absolute Gasteiger partial charge is 0.335 e. The maximum absolute atomic E-state index is 11.7. The van der Waals surface area contributed by atoms with Gasteiger partial charge in [-0.15, -0.1) is 0 Å². The van der Waals surface area contributed by atoms with Gasteiger partial charge in [-0.1, -0.05) is 29.8 Å². The number of carbonyl (C=O) groups is 1. The normalized spacial score (nSPS) is 20.1. The first-order valence-corrected chi connectivity index (χ1v) is 5.86. The van der Waals surface area contributed by atoms with Gasteiger partial charge < -0.3 is 10.6 Å². The molecule has 0 bridgehead atoms. The van der Waals surface area contributed by atoms with Crippen molar-refractivity contribution in [3.63, 3.8) is 0 Å². The highest BCUT2D eigenvalue weighted by molar-refractivity contribution is 6.31. The summed E-state index contributed by atoms with van der Waals surface area (Å²) in [6.45, 7) is 0.854. The molecule has 0 aromatic heterocycles. The minimum Gasteiger partial charge on any atom is -0.335 e. The van der Waals surface area contributed by atoms with Gasteiger partial charge in [0.25, 0.3) is 0 Å². The molecule has 0 saturated carbocycles. The maximum atomic E-state index is 11.7. The molecule has 1 amide bonds. The van der Waals surface area contributed by atoms with E-state index in [-0.39, 0.29) is 18.5 Å². The van der Waals surface area contributed by atoms with Crippen LogP contribution in [0.25, 0.3) is 0 Å². The second-order valence-corrected chi connectivity index (χ2v) is 4.38. The highest BCUT2D eigenvalue weighted by atomic mass is 35.5. The van der Waals surface area contributed by atoms with E-state index in [1.54, 1.807) is 0 Å². The van der Waals surface area contributed by atoms with Crippen molar-refractivity contribution in [2.24, 2.45) is 5.73 Å². The fourth-order valence-electron chi connectivity index (χ4n) is 2.25. The maximum Gasteiger partial charge on any atom is 0.236 e. The Morgan fingerprint density at radius 1 is 1.50 bits per heavy atom. The van der Waals surface area contributed by atoms with E-state index in [1.165, 1.54) is 0 Å². The highest BCUT2D eigenvalue weighted by Gasteiger charge is 2.30. The third-order valence-corrected chi connectivity index (χ3v) is 3.36. The van der Waals surface area contributed by atoms with E-state index in [9.17, 15) is 4.79 Å². The van der Waals surface area contributed by atoms with Gasteiger partial charge in [-0.05, 0) is 24.5 Å². The fourth-order valence-corrected chi connectivity index (χ4v) is 2.51. The smallest absolute Gasteiger partial charge is 0.236 e. The molecule has 0 aliphatic carbocycles. The van der Waals surface area contributed by atoms with Crippen molar-refractivity contribution in [3.05, 3.63) is 34.9 Å². The first-order valence-electron chi connectivity index (χ1n) is 5.48. The summed E-state index contributed by atoms with van der Waals surface area (Å²) in [4.78, 5) is 13.5. The Balaban J connectivity index is 2.27. The van der Waals surface area contributed by atoms with Gasteiger partial charge in [0.1, 0.15) is 0 Å². The number of nitrogens with zero attached hydrogens (tertiary/aromatic N) is 1. The van der Waals surface area contributed by atoms with Crippen LogP contribution in [0.3, 0.4) is 0 Å². The Hall–Kier alpha value is -1.06. The van der Waals surface area contributed by atoms with Crippen molar-refractivity contribution >= 4 is 17.5 Å². The average molecular weight is 239 g/mol. The molecule has 1 atom stereocenters. The van der Waals surface area contributed by atoms with E-state index in [2.05, 4.69) is 0 Å². The molecule has 0 spiro atoms. The van der Waals surface area contributed by atoms with Crippen molar-refractivity contribution in [1.29, 1.82) is 0 Å². The molecule has 1 aromatic carbocycles. The summed E-state index contributed by atoms with van der Waals surface area (Å²) in [5.41, 5.74) is 6.44. The lowest BCUT2D eigenvalue weighted by atomic mass is 10.0. The molecule has 3 nitrogen and oxygen atoms in total. The lowest BCUT2D eigenvalue weighted by molar-refractivity contribution is -0.130. The Morgan fingerprint density at radius 2 is 2.25 bits per heavy atom. The Bertz CT molecular complexity index is 394. The van der Waals surface area contributed by atoms with E-state index in [0.717, 1.165) is 30.0 Å². The van der Waals surface area contributed by atoms with Gasteiger partial charge in [0.2, 0.25) is 5.91 Å². The van der Waals surface area contributed by atoms with Crippen molar-refractivity contribution in [3.8, 4) is 0 Å². The Morgan fingerprint density at radius 3 is 2.94 bits per heavy atom. The average Bonchev–Trinajstić information content (AvgIpc) is 2.77. The van der Waals surface area contributed by atoms with Gasteiger partial charge in [0.05, 0.1) is 12.6 Å². The summed E-state index contributed by atoms with van der Waals surface area (Å²) >= 11 is 6.15. The molecule has 4 heteroatoms. The van der Waals surface area contributed by atoms with Crippen LogP contribution in [0.5, 0.6) is 0 Å². The second kappa shape index (κ2) is 4.85. The summed E-state index contributed by atoms with van der Waals surface area (Å²) in [7, 11) is 0. The van der Waals surface area contributed by atoms with Crippen molar-refractivity contribution in [2.75, 3.05) is 13.1 Å². The molecule has 1 aliphatic rings. The summed E-state index contributed by atoms with van der Waals surface area (Å²) in [6.07, 6.45) is 1.98. The number of amides is 1. The molecule has 2 N–H and O–H groups in total. The lowest BCUT2D eigenvalue weighted by Crippen LogP contribution is -2.35. The van der Waals surface area contributed by atoms with Gasteiger partial charge in [-0.25, -0.2) is 0 Å². The molecule has 1 saturated heterocycles. The summed E-state index contributed by atoms with van der Waals surface area (Å²) in [6, 6.07) is 7.79. The fraction of sp³-hybridized carbons (Fsp3) is 0.417. The molecule has 86 valence electrons. The first-order chi connectivity index (χ1) is 7.74. The first kappa shape index (κ1) is 11.4. The Labute approximate surface area is 100 Å². The molecule has 1 aliphatic heterocycles. The van der Waals surface area contributed by atoms with E-state index >= 15 is 0 Å². The van der Waals surface area contributed by atoms with Crippen molar-refractivity contribution in [2.45, 2.75) is 18.9 Å². The predicted octanol–water partition coefficient (Wildman–Crippen LogP) is 1.96. The number of likely N-dealkylation sites (tertiary alicyclic amines) is 1. The quantitative estimate of drug-likeness (QED) is 0.856. The monoisotopic (exact) mass is 238 g/mol. The van der Waals surface area contributed by atoms with E-state index in [4.69, 9.17) is 17.3 Å². The van der Waals surface area contributed by atoms with Crippen LogP contribution in [0.2, 0.25) is 5.02 Å². The standard InChI is InChI=1S/C12H15ClN2O/c13-10-5-2-1-4-9(10)11-6-3-7-15(11)12(16)8-14/h1-2,4-5,11H,3,6-8,14H2. The molecule has 16 heavy (non-hydrogen) atoms. The van der Waals surface area contributed by atoms with Crippen LogP contribution in [-0.2, 0) is 4.79 Å². The zero-order valence-corrected chi connectivity index (χ0v) is 9.78. The third-order valence-electron chi connectivity index (χ3n) is 3.01. The zero-order valence-electron chi connectivity index (χ0n) is 9.03. The number of halogens is 1. The van der Waals surface area contributed by atoms with Gasteiger partial charge in [0.15, 0.2) is 0 Å². The predicted molar refractivity (Wildman–Crippen MR) is 64.2 cm³/mol. The number of carbonyl (C=O) groups excluding carboxylic acids is 1. The molecule has 1 heterocycles. The number of nitrogens with two attached hydrogens (primary N) is 1. The van der Waals surface area contributed by atoms with E-state index < -0.39 is 0 Å². The Kier molecular flexibility index (Phi) is 3.46. The van der Waals surface area contributed by atoms with Gasteiger partial charge in [-0.2, -0.15) is 0 Å². The van der Waals surface area contributed by atoms with Crippen LogP contribution < -0.4 is 5.73 Å².